The second kappa shape index (κ2) is 2.20. The molecule has 0 saturated carbocycles. The Morgan fingerprint density at radius 1 is 1.30 bits per heavy atom. The highest BCUT2D eigenvalue weighted by Gasteiger charge is 2.22. The fourth-order valence-electron chi connectivity index (χ4n) is 0.573. The van der Waals surface area contributed by atoms with E-state index in [9.17, 15) is 0 Å². The summed E-state index contributed by atoms with van der Waals surface area (Å²) in [6.07, 6.45) is 0.583. The maximum atomic E-state index is 8.77. The van der Waals surface area contributed by atoms with Crippen molar-refractivity contribution in [2.75, 3.05) is 0 Å². The van der Waals surface area contributed by atoms with Crippen molar-refractivity contribution in [3.63, 3.8) is 0 Å². The van der Waals surface area contributed by atoms with Gasteiger partial charge < -0.3 is 15.3 Å². The van der Waals surface area contributed by atoms with Crippen LogP contribution in [0.15, 0.2) is 23.8 Å². The standard InChI is InChI=1S/C5H7NO4/c7-3-1-2-4(8)6(10)5(3)9/h1-2,5,7-10H. The smallest absolute Gasteiger partial charge is 0.214 e. The molecule has 5 nitrogen and oxygen atoms in total. The van der Waals surface area contributed by atoms with Crippen LogP contribution in [-0.2, 0) is 0 Å². The predicted molar refractivity (Wildman–Crippen MR) is 31.1 cm³/mol. The molecule has 1 rings (SSSR count). The lowest BCUT2D eigenvalue weighted by Crippen LogP contribution is -2.34. The molecular formula is C5H7NO4. The molecule has 0 aromatic heterocycles. The van der Waals surface area contributed by atoms with Crippen molar-refractivity contribution in [1.82, 2.24) is 5.06 Å². The van der Waals surface area contributed by atoms with Gasteiger partial charge in [-0.25, -0.2) is 0 Å². The van der Waals surface area contributed by atoms with E-state index in [0.717, 1.165) is 12.2 Å². The molecular weight excluding hydrogens is 138 g/mol. The zero-order valence-corrected chi connectivity index (χ0v) is 4.97. The molecule has 4 N–H and O–H groups in total. The Hall–Kier alpha value is -1.20. The van der Waals surface area contributed by atoms with Crippen molar-refractivity contribution in [3.05, 3.63) is 23.8 Å². The Labute approximate surface area is 56.7 Å². The number of nitrogens with zero attached hydrogens (tertiary/aromatic N) is 1. The zero-order valence-electron chi connectivity index (χ0n) is 4.97. The van der Waals surface area contributed by atoms with Gasteiger partial charge in [0.2, 0.25) is 12.1 Å². The van der Waals surface area contributed by atoms with Crippen LogP contribution in [-0.4, -0.2) is 31.8 Å². The zero-order chi connectivity index (χ0) is 7.72. The van der Waals surface area contributed by atoms with Gasteiger partial charge in [0.25, 0.3) is 0 Å². The van der Waals surface area contributed by atoms with Gasteiger partial charge in [0, 0.05) is 6.08 Å². The first-order valence-electron chi connectivity index (χ1n) is 2.59. The van der Waals surface area contributed by atoms with Gasteiger partial charge in [0.1, 0.15) is 5.76 Å². The lowest BCUT2D eigenvalue weighted by Gasteiger charge is -2.23. The SMILES string of the molecule is OC1=CC=C(O)N(O)C1O. The van der Waals surface area contributed by atoms with E-state index in [1.54, 1.807) is 0 Å². The first-order chi connectivity index (χ1) is 4.63. The Bertz CT molecular complexity index is 176. The molecule has 0 spiro atoms. The van der Waals surface area contributed by atoms with Gasteiger partial charge in [-0.2, -0.15) is 5.06 Å². The van der Waals surface area contributed by atoms with Crippen LogP contribution in [0, 0.1) is 0 Å². The molecule has 5 heteroatoms. The summed E-state index contributed by atoms with van der Waals surface area (Å²) >= 11 is 0. The third-order valence-electron chi connectivity index (χ3n) is 1.13. The molecule has 0 aromatic rings. The van der Waals surface area contributed by atoms with Crippen LogP contribution in [0.3, 0.4) is 0 Å². The maximum Gasteiger partial charge on any atom is 0.214 e. The Balaban J connectivity index is 2.86. The highest BCUT2D eigenvalue weighted by molar-refractivity contribution is 5.16. The van der Waals surface area contributed by atoms with Crippen molar-refractivity contribution in [1.29, 1.82) is 0 Å². The molecule has 1 heterocycles. The fourth-order valence-corrected chi connectivity index (χ4v) is 0.573. The van der Waals surface area contributed by atoms with Crippen LogP contribution in [0.2, 0.25) is 0 Å². The molecule has 0 saturated heterocycles. The average molecular weight is 145 g/mol. The third kappa shape index (κ3) is 0.916. The molecule has 1 unspecified atom stereocenters. The van der Waals surface area contributed by atoms with Gasteiger partial charge in [-0.3, -0.25) is 5.21 Å². The van der Waals surface area contributed by atoms with Crippen LogP contribution in [0.5, 0.6) is 0 Å². The van der Waals surface area contributed by atoms with Gasteiger partial charge in [-0.15, -0.1) is 0 Å². The van der Waals surface area contributed by atoms with Crippen LogP contribution in [0.1, 0.15) is 0 Å². The molecule has 0 aliphatic carbocycles. The van der Waals surface area contributed by atoms with Crippen molar-refractivity contribution >= 4 is 0 Å². The van der Waals surface area contributed by atoms with Crippen molar-refractivity contribution in [2.24, 2.45) is 0 Å². The lowest BCUT2D eigenvalue weighted by molar-refractivity contribution is -0.190. The number of allylic oxidation sites excluding steroid dienone is 2. The topological polar surface area (TPSA) is 84.2 Å². The van der Waals surface area contributed by atoms with E-state index >= 15 is 0 Å². The number of aliphatic hydroxyl groups excluding tert-OH is 3. The summed E-state index contributed by atoms with van der Waals surface area (Å²) in [7, 11) is 0. The minimum absolute atomic E-state index is 0.148. The Morgan fingerprint density at radius 3 is 2.40 bits per heavy atom. The third-order valence-corrected chi connectivity index (χ3v) is 1.13. The highest BCUT2D eigenvalue weighted by Crippen LogP contribution is 2.13. The summed E-state index contributed by atoms with van der Waals surface area (Å²) in [5, 5.41) is 35.0. The van der Waals surface area contributed by atoms with Crippen molar-refractivity contribution in [3.8, 4) is 0 Å². The van der Waals surface area contributed by atoms with E-state index in [2.05, 4.69) is 0 Å². The second-order valence-corrected chi connectivity index (χ2v) is 1.83. The summed E-state index contributed by atoms with van der Waals surface area (Å²) in [6, 6.07) is 0. The normalized spacial score (nSPS) is 25.8. The monoisotopic (exact) mass is 145 g/mol. The fraction of sp³-hybridized carbons (Fsp3) is 0.200. The average Bonchev–Trinajstić information content (AvgIpc) is 1.93. The maximum absolute atomic E-state index is 8.77. The largest absolute Gasteiger partial charge is 0.507 e. The molecule has 0 fully saturated rings. The Kier molecular flexibility index (Phi) is 1.52. The van der Waals surface area contributed by atoms with E-state index < -0.39 is 17.9 Å². The van der Waals surface area contributed by atoms with Crippen molar-refractivity contribution in [2.45, 2.75) is 6.23 Å². The second-order valence-electron chi connectivity index (χ2n) is 1.83. The van der Waals surface area contributed by atoms with Crippen LogP contribution in [0.25, 0.3) is 0 Å². The summed E-state index contributed by atoms with van der Waals surface area (Å²) in [4.78, 5) is 0. The van der Waals surface area contributed by atoms with Crippen LogP contribution >= 0.6 is 0 Å². The quantitative estimate of drug-likeness (QED) is 0.381. The summed E-state index contributed by atoms with van der Waals surface area (Å²) in [6.45, 7) is 0. The summed E-state index contributed by atoms with van der Waals surface area (Å²) in [5.74, 6) is -0.925. The van der Waals surface area contributed by atoms with Gasteiger partial charge in [0.05, 0.1) is 0 Å². The molecule has 10 heavy (non-hydrogen) atoms. The highest BCUT2D eigenvalue weighted by atomic mass is 16.6. The number of hydrogen-bond acceptors (Lipinski definition) is 5. The first kappa shape index (κ1) is 6.91. The molecule has 0 bridgehead atoms. The van der Waals surface area contributed by atoms with E-state index in [4.69, 9.17) is 20.5 Å². The number of rotatable bonds is 0. The van der Waals surface area contributed by atoms with Gasteiger partial charge in [0.15, 0.2) is 0 Å². The minimum Gasteiger partial charge on any atom is -0.507 e. The predicted octanol–water partition coefficient (Wildman–Crippen LogP) is -0.149. The molecule has 1 aliphatic rings. The number of hydroxylamine groups is 2. The summed E-state index contributed by atoms with van der Waals surface area (Å²) in [5.41, 5.74) is 0. The Morgan fingerprint density at radius 2 is 1.90 bits per heavy atom. The van der Waals surface area contributed by atoms with E-state index in [-0.39, 0.29) is 5.06 Å². The molecule has 0 radical (unpaired) electrons. The van der Waals surface area contributed by atoms with Gasteiger partial charge in [-0.05, 0) is 6.08 Å². The summed E-state index contributed by atoms with van der Waals surface area (Å²) < 4.78 is 0. The van der Waals surface area contributed by atoms with Gasteiger partial charge in [-0.1, -0.05) is 0 Å². The first-order valence-corrected chi connectivity index (χ1v) is 2.59. The minimum atomic E-state index is -1.56. The van der Waals surface area contributed by atoms with Crippen molar-refractivity contribution < 1.29 is 20.5 Å². The van der Waals surface area contributed by atoms with Crippen LogP contribution in [0.4, 0.5) is 0 Å². The van der Waals surface area contributed by atoms with E-state index in [1.807, 2.05) is 0 Å². The van der Waals surface area contributed by atoms with Crippen LogP contribution < -0.4 is 0 Å². The number of hydrogen-bond donors (Lipinski definition) is 4. The molecule has 0 aromatic carbocycles. The molecule has 56 valence electrons. The van der Waals surface area contributed by atoms with Gasteiger partial charge >= 0.3 is 0 Å². The molecule has 0 amide bonds. The van der Waals surface area contributed by atoms with E-state index in [1.165, 1.54) is 0 Å². The lowest BCUT2D eigenvalue weighted by atomic mass is 10.3. The molecule has 1 atom stereocenters. The molecule has 1 aliphatic heterocycles. The number of aliphatic hydroxyl groups is 3. The van der Waals surface area contributed by atoms with E-state index in [0.29, 0.717) is 0 Å².